The molecule has 0 radical (unpaired) electrons. The maximum Gasteiger partial charge on any atom is 0.157 e. The van der Waals surface area contributed by atoms with Gasteiger partial charge in [0.15, 0.2) is 6.29 Å². The second-order valence-corrected chi connectivity index (χ2v) is 10.5. The molecule has 36 heavy (non-hydrogen) atoms. The standard InChI is InChI=1S/C31H37ClF2O2/c1-2-3-4-5-6-7-24-20-35-30(36-21-24)17-11-22-9-15-27-26(18-22)14-13-25(31(27)34)12-8-23-10-16-28(32)29(33)19-23/h9-10,13-16,18-19,24,30H,2-8,11-12,17,20-21H2,1H3. The van der Waals surface area contributed by atoms with E-state index in [9.17, 15) is 4.39 Å². The maximum atomic E-state index is 15.2. The number of unbranched alkanes of at least 4 members (excludes halogenated alkanes) is 4. The first-order chi connectivity index (χ1) is 17.5. The van der Waals surface area contributed by atoms with Crippen LogP contribution < -0.4 is 0 Å². The smallest absolute Gasteiger partial charge is 0.157 e. The van der Waals surface area contributed by atoms with Crippen molar-refractivity contribution >= 4 is 22.4 Å². The topological polar surface area (TPSA) is 18.5 Å². The van der Waals surface area contributed by atoms with E-state index in [0.717, 1.165) is 42.6 Å². The van der Waals surface area contributed by atoms with Crippen molar-refractivity contribution in [3.63, 3.8) is 0 Å². The minimum Gasteiger partial charge on any atom is -0.352 e. The summed E-state index contributed by atoms with van der Waals surface area (Å²) in [5, 5.41) is 1.61. The van der Waals surface area contributed by atoms with E-state index in [0.29, 0.717) is 29.7 Å². The predicted molar refractivity (Wildman–Crippen MR) is 144 cm³/mol. The first-order valence-electron chi connectivity index (χ1n) is 13.4. The first kappa shape index (κ1) is 27.0. The molecule has 3 aromatic carbocycles. The van der Waals surface area contributed by atoms with E-state index in [1.165, 1.54) is 44.6 Å². The molecule has 0 N–H and O–H groups in total. The van der Waals surface area contributed by atoms with Crippen LogP contribution in [0.3, 0.4) is 0 Å². The van der Waals surface area contributed by atoms with Crippen molar-refractivity contribution in [1.29, 1.82) is 0 Å². The van der Waals surface area contributed by atoms with Crippen LogP contribution in [0.15, 0.2) is 48.5 Å². The summed E-state index contributed by atoms with van der Waals surface area (Å²) < 4.78 is 40.8. The summed E-state index contributed by atoms with van der Waals surface area (Å²) in [5.41, 5.74) is 2.59. The summed E-state index contributed by atoms with van der Waals surface area (Å²) in [5.74, 6) is -0.130. The molecule has 0 aromatic heterocycles. The van der Waals surface area contributed by atoms with Gasteiger partial charge in [-0.15, -0.1) is 0 Å². The van der Waals surface area contributed by atoms with Crippen LogP contribution in [-0.4, -0.2) is 19.5 Å². The molecular formula is C31H37ClF2O2. The fourth-order valence-corrected chi connectivity index (χ4v) is 5.06. The molecule has 0 aliphatic carbocycles. The number of hydrogen-bond acceptors (Lipinski definition) is 2. The number of hydrogen-bond donors (Lipinski definition) is 0. The zero-order valence-corrected chi connectivity index (χ0v) is 22.0. The fraction of sp³-hybridized carbons (Fsp3) is 0.484. The van der Waals surface area contributed by atoms with E-state index in [4.69, 9.17) is 21.1 Å². The van der Waals surface area contributed by atoms with Crippen molar-refractivity contribution in [3.05, 3.63) is 81.9 Å². The van der Waals surface area contributed by atoms with Gasteiger partial charge in [-0.25, -0.2) is 8.78 Å². The summed E-state index contributed by atoms with van der Waals surface area (Å²) in [4.78, 5) is 0. The van der Waals surface area contributed by atoms with Crippen LogP contribution in [0.1, 0.15) is 68.6 Å². The second kappa shape index (κ2) is 13.5. The molecule has 2 nitrogen and oxygen atoms in total. The van der Waals surface area contributed by atoms with Crippen LogP contribution in [0.25, 0.3) is 10.8 Å². The molecule has 1 heterocycles. The van der Waals surface area contributed by atoms with E-state index >= 15 is 4.39 Å². The van der Waals surface area contributed by atoms with Gasteiger partial charge >= 0.3 is 0 Å². The third kappa shape index (κ3) is 7.50. The predicted octanol–water partition coefficient (Wildman–Crippen LogP) is 8.84. The number of fused-ring (bicyclic) bond motifs is 1. The normalized spacial score (nSPS) is 18.1. The van der Waals surface area contributed by atoms with Crippen LogP contribution in [-0.2, 0) is 28.7 Å². The van der Waals surface area contributed by atoms with Crippen LogP contribution in [0.5, 0.6) is 0 Å². The van der Waals surface area contributed by atoms with Crippen molar-refractivity contribution in [2.75, 3.05) is 13.2 Å². The summed E-state index contributed by atoms with van der Waals surface area (Å²) in [6.07, 6.45) is 10.2. The molecule has 0 atom stereocenters. The molecule has 0 unspecified atom stereocenters. The van der Waals surface area contributed by atoms with Crippen LogP contribution >= 0.6 is 11.6 Å². The molecule has 1 saturated heterocycles. The third-order valence-electron chi connectivity index (χ3n) is 7.19. The Morgan fingerprint density at radius 2 is 1.56 bits per heavy atom. The maximum absolute atomic E-state index is 15.2. The molecule has 0 amide bonds. The highest BCUT2D eigenvalue weighted by Gasteiger charge is 2.22. The molecule has 0 bridgehead atoms. The first-order valence-corrected chi connectivity index (χ1v) is 13.8. The highest BCUT2D eigenvalue weighted by atomic mass is 35.5. The van der Waals surface area contributed by atoms with E-state index < -0.39 is 5.82 Å². The Balaban J connectivity index is 1.26. The minimum atomic E-state index is -0.442. The Morgan fingerprint density at radius 3 is 2.33 bits per heavy atom. The molecule has 1 fully saturated rings. The average Bonchev–Trinajstić information content (AvgIpc) is 2.89. The number of aryl methyl sites for hydroxylation is 3. The minimum absolute atomic E-state index is 0.102. The van der Waals surface area contributed by atoms with E-state index in [1.807, 2.05) is 24.3 Å². The van der Waals surface area contributed by atoms with Gasteiger partial charge in [0, 0.05) is 17.7 Å². The van der Waals surface area contributed by atoms with Crippen molar-refractivity contribution in [2.24, 2.45) is 5.92 Å². The summed E-state index contributed by atoms with van der Waals surface area (Å²) >= 11 is 5.75. The van der Waals surface area contributed by atoms with Gasteiger partial charge in [0.1, 0.15) is 11.6 Å². The molecule has 194 valence electrons. The van der Waals surface area contributed by atoms with Gasteiger partial charge in [-0.1, -0.05) is 87.0 Å². The van der Waals surface area contributed by atoms with Gasteiger partial charge in [-0.3, -0.25) is 0 Å². The lowest BCUT2D eigenvalue weighted by atomic mass is 9.98. The Labute approximate surface area is 218 Å². The molecule has 5 heteroatoms. The lowest BCUT2D eigenvalue weighted by Crippen LogP contribution is -2.32. The molecule has 1 aliphatic rings. The van der Waals surface area contributed by atoms with Crippen LogP contribution in [0.4, 0.5) is 8.78 Å². The highest BCUT2D eigenvalue weighted by molar-refractivity contribution is 6.30. The Kier molecular flexibility index (Phi) is 10.1. The van der Waals surface area contributed by atoms with Crippen LogP contribution in [0.2, 0.25) is 5.02 Å². The lowest BCUT2D eigenvalue weighted by Gasteiger charge is -2.29. The zero-order valence-electron chi connectivity index (χ0n) is 21.2. The molecule has 0 saturated carbocycles. The largest absolute Gasteiger partial charge is 0.352 e. The molecule has 3 aromatic rings. The van der Waals surface area contributed by atoms with Gasteiger partial charge in [0.25, 0.3) is 0 Å². The van der Waals surface area contributed by atoms with Crippen molar-refractivity contribution in [2.45, 2.75) is 77.4 Å². The highest BCUT2D eigenvalue weighted by Crippen LogP contribution is 2.26. The van der Waals surface area contributed by atoms with Gasteiger partial charge in [0.2, 0.25) is 0 Å². The number of rotatable bonds is 12. The monoisotopic (exact) mass is 514 g/mol. The molecule has 4 rings (SSSR count). The van der Waals surface area contributed by atoms with Gasteiger partial charge in [0.05, 0.1) is 18.2 Å². The zero-order chi connectivity index (χ0) is 25.3. The Morgan fingerprint density at radius 1 is 0.806 bits per heavy atom. The summed E-state index contributed by atoms with van der Waals surface area (Å²) in [6, 6.07) is 14.5. The third-order valence-corrected chi connectivity index (χ3v) is 7.49. The summed E-state index contributed by atoms with van der Waals surface area (Å²) in [6.45, 7) is 3.81. The van der Waals surface area contributed by atoms with Gasteiger partial charge in [-0.05, 0) is 59.9 Å². The number of benzene rings is 3. The van der Waals surface area contributed by atoms with Gasteiger partial charge < -0.3 is 9.47 Å². The van der Waals surface area contributed by atoms with Crippen molar-refractivity contribution in [1.82, 2.24) is 0 Å². The fourth-order valence-electron chi connectivity index (χ4n) is 4.95. The van der Waals surface area contributed by atoms with E-state index in [-0.39, 0.29) is 17.1 Å². The Bertz CT molecular complexity index is 1130. The van der Waals surface area contributed by atoms with Crippen molar-refractivity contribution in [3.8, 4) is 0 Å². The van der Waals surface area contributed by atoms with Crippen LogP contribution in [0, 0.1) is 17.6 Å². The number of ether oxygens (including phenoxy) is 2. The summed E-state index contributed by atoms with van der Waals surface area (Å²) in [7, 11) is 0. The molecule has 1 aliphatic heterocycles. The van der Waals surface area contributed by atoms with Crippen molar-refractivity contribution < 1.29 is 18.3 Å². The van der Waals surface area contributed by atoms with E-state index in [2.05, 4.69) is 13.0 Å². The van der Waals surface area contributed by atoms with E-state index in [1.54, 1.807) is 12.1 Å². The van der Waals surface area contributed by atoms with Gasteiger partial charge in [-0.2, -0.15) is 0 Å². The quantitative estimate of drug-likeness (QED) is 0.225. The SMILES string of the molecule is CCCCCCCC1COC(CCc2ccc3c(F)c(CCc4ccc(Cl)c(F)c4)ccc3c2)OC1. The molecule has 0 spiro atoms. The second-order valence-electron chi connectivity index (χ2n) is 10.0. The Hall–Kier alpha value is -2.01. The number of halogens is 3. The lowest BCUT2D eigenvalue weighted by molar-refractivity contribution is -0.203. The molecular weight excluding hydrogens is 478 g/mol. The average molecular weight is 515 g/mol.